The van der Waals surface area contributed by atoms with E-state index in [0.717, 1.165) is 23.8 Å². The molecule has 1 aromatic carbocycles. The highest BCUT2D eigenvalue weighted by atomic mass is 32.2. The normalized spacial score (nSPS) is 19.7. The molecular formula is C17H25NO2S. The lowest BCUT2D eigenvalue weighted by Crippen LogP contribution is -2.33. The van der Waals surface area contributed by atoms with Crippen molar-refractivity contribution >= 4 is 11.8 Å². The van der Waals surface area contributed by atoms with Crippen LogP contribution in [-0.4, -0.2) is 30.9 Å². The molecule has 3 rings (SSSR count). The van der Waals surface area contributed by atoms with Gasteiger partial charge in [0, 0.05) is 6.04 Å². The summed E-state index contributed by atoms with van der Waals surface area (Å²) in [6, 6.07) is 6.87. The lowest BCUT2D eigenvalue weighted by Gasteiger charge is -2.24. The molecule has 1 aromatic rings. The number of aryl methyl sites for hydroxylation is 1. The summed E-state index contributed by atoms with van der Waals surface area (Å²) in [6.45, 7) is 3.84. The molecule has 0 spiro atoms. The smallest absolute Gasteiger partial charge is 0.231 e. The number of hydrogen-bond acceptors (Lipinski definition) is 4. The molecule has 0 saturated carbocycles. The van der Waals surface area contributed by atoms with Gasteiger partial charge in [-0.05, 0) is 74.3 Å². The Labute approximate surface area is 131 Å². The van der Waals surface area contributed by atoms with E-state index in [4.69, 9.17) is 9.47 Å². The molecule has 1 atom stereocenters. The first-order valence-electron chi connectivity index (χ1n) is 8.01. The third-order valence-corrected chi connectivity index (χ3v) is 5.45. The summed E-state index contributed by atoms with van der Waals surface area (Å²) < 4.78 is 10.8. The van der Waals surface area contributed by atoms with Crippen LogP contribution in [0.3, 0.4) is 0 Å². The Hall–Kier alpha value is -0.870. The maximum Gasteiger partial charge on any atom is 0.231 e. The van der Waals surface area contributed by atoms with Crippen molar-refractivity contribution in [2.45, 2.75) is 38.6 Å². The Morgan fingerprint density at radius 3 is 2.90 bits per heavy atom. The zero-order valence-corrected chi connectivity index (χ0v) is 13.6. The number of hydrogen-bond donors (Lipinski definition) is 1. The number of nitrogens with one attached hydrogen (secondary N) is 1. The van der Waals surface area contributed by atoms with E-state index in [1.807, 2.05) is 6.07 Å². The third kappa shape index (κ3) is 4.30. The summed E-state index contributed by atoms with van der Waals surface area (Å²) in [5.74, 6) is 5.35. The Balaban J connectivity index is 1.40. The second kappa shape index (κ2) is 7.41. The second-order valence-corrected chi connectivity index (χ2v) is 7.32. The molecule has 1 unspecified atom stereocenters. The van der Waals surface area contributed by atoms with E-state index >= 15 is 0 Å². The monoisotopic (exact) mass is 307 g/mol. The van der Waals surface area contributed by atoms with E-state index in [1.165, 1.54) is 42.9 Å². The number of benzene rings is 1. The SMILES string of the molecule is CC(CCc1ccc2c(c1)OCO2)NCC1CCSCC1. The maximum atomic E-state index is 5.43. The van der Waals surface area contributed by atoms with Crippen LogP contribution in [0.5, 0.6) is 11.5 Å². The van der Waals surface area contributed by atoms with E-state index < -0.39 is 0 Å². The van der Waals surface area contributed by atoms with Crippen LogP contribution in [0.15, 0.2) is 18.2 Å². The summed E-state index contributed by atoms with van der Waals surface area (Å²) in [5.41, 5.74) is 1.34. The molecule has 0 aliphatic carbocycles. The van der Waals surface area contributed by atoms with E-state index in [1.54, 1.807) is 0 Å². The standard InChI is InChI=1S/C17H25NO2S/c1-13(18-11-15-6-8-21-9-7-15)2-3-14-4-5-16-17(10-14)20-12-19-16/h4-5,10,13,15,18H,2-3,6-9,11-12H2,1H3. The zero-order valence-electron chi connectivity index (χ0n) is 12.8. The minimum Gasteiger partial charge on any atom is -0.454 e. The molecule has 4 heteroatoms. The van der Waals surface area contributed by atoms with E-state index in [9.17, 15) is 0 Å². The van der Waals surface area contributed by atoms with Crippen molar-refractivity contribution in [3.05, 3.63) is 23.8 Å². The van der Waals surface area contributed by atoms with Gasteiger partial charge in [-0.15, -0.1) is 0 Å². The highest BCUT2D eigenvalue weighted by Crippen LogP contribution is 2.32. The van der Waals surface area contributed by atoms with Gasteiger partial charge in [-0.2, -0.15) is 11.8 Å². The summed E-state index contributed by atoms with van der Waals surface area (Å²) in [7, 11) is 0. The molecule has 116 valence electrons. The van der Waals surface area contributed by atoms with Gasteiger partial charge in [0.1, 0.15) is 0 Å². The molecule has 0 radical (unpaired) electrons. The van der Waals surface area contributed by atoms with Gasteiger partial charge in [0.2, 0.25) is 6.79 Å². The maximum absolute atomic E-state index is 5.43. The zero-order chi connectivity index (χ0) is 14.5. The van der Waals surface area contributed by atoms with Gasteiger partial charge < -0.3 is 14.8 Å². The quantitative estimate of drug-likeness (QED) is 0.872. The van der Waals surface area contributed by atoms with Gasteiger partial charge in [0.05, 0.1) is 0 Å². The van der Waals surface area contributed by atoms with Gasteiger partial charge in [-0.3, -0.25) is 0 Å². The molecule has 0 bridgehead atoms. The molecule has 1 saturated heterocycles. The molecule has 1 N–H and O–H groups in total. The van der Waals surface area contributed by atoms with Crippen molar-refractivity contribution in [2.24, 2.45) is 5.92 Å². The van der Waals surface area contributed by atoms with Crippen LogP contribution in [0.4, 0.5) is 0 Å². The Morgan fingerprint density at radius 1 is 1.24 bits per heavy atom. The van der Waals surface area contributed by atoms with Crippen LogP contribution >= 0.6 is 11.8 Å². The molecule has 21 heavy (non-hydrogen) atoms. The lowest BCUT2D eigenvalue weighted by atomic mass is 10.0. The minimum absolute atomic E-state index is 0.358. The van der Waals surface area contributed by atoms with Crippen molar-refractivity contribution in [3.63, 3.8) is 0 Å². The van der Waals surface area contributed by atoms with Crippen molar-refractivity contribution in [3.8, 4) is 11.5 Å². The summed E-state index contributed by atoms with van der Waals surface area (Å²) in [6.07, 6.45) is 5.02. The Bertz CT molecular complexity index is 460. The van der Waals surface area contributed by atoms with Crippen LogP contribution in [-0.2, 0) is 6.42 Å². The topological polar surface area (TPSA) is 30.5 Å². The van der Waals surface area contributed by atoms with Crippen molar-refractivity contribution in [1.82, 2.24) is 5.32 Å². The molecular weight excluding hydrogens is 282 g/mol. The fourth-order valence-electron chi connectivity index (χ4n) is 2.90. The minimum atomic E-state index is 0.358. The van der Waals surface area contributed by atoms with Gasteiger partial charge in [0.15, 0.2) is 11.5 Å². The summed E-state index contributed by atoms with van der Waals surface area (Å²) >= 11 is 2.10. The van der Waals surface area contributed by atoms with Gasteiger partial charge in [0.25, 0.3) is 0 Å². The van der Waals surface area contributed by atoms with E-state index in [2.05, 4.69) is 36.1 Å². The number of fused-ring (bicyclic) bond motifs is 1. The highest BCUT2D eigenvalue weighted by molar-refractivity contribution is 7.99. The fraction of sp³-hybridized carbons (Fsp3) is 0.647. The Kier molecular flexibility index (Phi) is 5.31. The van der Waals surface area contributed by atoms with E-state index in [0.29, 0.717) is 12.8 Å². The Morgan fingerprint density at radius 2 is 2.05 bits per heavy atom. The molecule has 2 heterocycles. The van der Waals surface area contributed by atoms with E-state index in [-0.39, 0.29) is 0 Å². The first-order valence-corrected chi connectivity index (χ1v) is 9.16. The molecule has 2 aliphatic heterocycles. The van der Waals surface area contributed by atoms with Crippen LogP contribution < -0.4 is 14.8 Å². The lowest BCUT2D eigenvalue weighted by molar-refractivity contribution is 0.174. The van der Waals surface area contributed by atoms with Crippen molar-refractivity contribution < 1.29 is 9.47 Å². The number of ether oxygens (including phenoxy) is 2. The average Bonchev–Trinajstić information content (AvgIpc) is 2.99. The van der Waals surface area contributed by atoms with Crippen LogP contribution in [0, 0.1) is 5.92 Å². The first kappa shape index (κ1) is 15.0. The van der Waals surface area contributed by atoms with Crippen LogP contribution in [0.2, 0.25) is 0 Å². The van der Waals surface area contributed by atoms with Gasteiger partial charge in [-0.1, -0.05) is 6.07 Å². The van der Waals surface area contributed by atoms with Crippen molar-refractivity contribution in [1.29, 1.82) is 0 Å². The fourth-order valence-corrected chi connectivity index (χ4v) is 4.10. The average molecular weight is 307 g/mol. The van der Waals surface area contributed by atoms with Gasteiger partial charge >= 0.3 is 0 Å². The molecule has 0 amide bonds. The summed E-state index contributed by atoms with van der Waals surface area (Å²) in [5, 5.41) is 3.71. The second-order valence-electron chi connectivity index (χ2n) is 6.09. The van der Waals surface area contributed by atoms with Crippen LogP contribution in [0.25, 0.3) is 0 Å². The van der Waals surface area contributed by atoms with Crippen molar-refractivity contribution in [2.75, 3.05) is 24.8 Å². The highest BCUT2D eigenvalue weighted by Gasteiger charge is 2.15. The van der Waals surface area contributed by atoms with Crippen LogP contribution in [0.1, 0.15) is 31.7 Å². The first-order chi connectivity index (χ1) is 10.3. The predicted molar refractivity (Wildman–Crippen MR) is 88.4 cm³/mol. The molecule has 1 fully saturated rings. The largest absolute Gasteiger partial charge is 0.454 e. The van der Waals surface area contributed by atoms with Gasteiger partial charge in [-0.25, -0.2) is 0 Å². The summed E-state index contributed by atoms with van der Waals surface area (Å²) in [4.78, 5) is 0. The number of thioether (sulfide) groups is 1. The predicted octanol–water partition coefficient (Wildman–Crippen LogP) is 3.47. The molecule has 0 aromatic heterocycles. The number of rotatable bonds is 6. The third-order valence-electron chi connectivity index (χ3n) is 4.40. The molecule has 3 nitrogen and oxygen atoms in total. The molecule has 2 aliphatic rings.